The van der Waals surface area contributed by atoms with Crippen molar-refractivity contribution in [2.45, 2.75) is 71.7 Å². The highest BCUT2D eigenvalue weighted by Gasteiger charge is 2.58. The van der Waals surface area contributed by atoms with Gasteiger partial charge in [-0.1, -0.05) is 37.6 Å². The molecule has 4 rings (SSSR count). The van der Waals surface area contributed by atoms with Gasteiger partial charge in [-0.15, -0.1) is 0 Å². The van der Waals surface area contributed by atoms with E-state index >= 15 is 0 Å². The fraction of sp³-hybridized carbons (Fsp3) is 0.484. The van der Waals surface area contributed by atoms with Crippen molar-refractivity contribution in [3.8, 4) is 23.0 Å². The van der Waals surface area contributed by atoms with E-state index in [0.717, 1.165) is 22.3 Å². The Balaban J connectivity index is 1.67. The van der Waals surface area contributed by atoms with E-state index in [9.17, 15) is 15.3 Å². The van der Waals surface area contributed by atoms with Crippen molar-refractivity contribution in [2.24, 2.45) is 11.3 Å². The Kier molecular flexibility index (Phi) is 7.37. The van der Waals surface area contributed by atoms with E-state index in [2.05, 4.69) is 12.1 Å². The van der Waals surface area contributed by atoms with E-state index in [-0.39, 0.29) is 11.7 Å². The van der Waals surface area contributed by atoms with Crippen LogP contribution in [-0.4, -0.2) is 47.3 Å². The van der Waals surface area contributed by atoms with Crippen LogP contribution in [0, 0.1) is 11.3 Å². The van der Waals surface area contributed by atoms with E-state index in [4.69, 9.17) is 14.2 Å². The largest absolute Gasteiger partial charge is 0.507 e. The molecule has 1 saturated carbocycles. The summed E-state index contributed by atoms with van der Waals surface area (Å²) in [6.07, 6.45) is 5.99. The molecule has 1 aliphatic carbocycles. The normalized spacial score (nSPS) is 26.1. The lowest BCUT2D eigenvalue weighted by Gasteiger charge is -2.56. The topological polar surface area (TPSA) is 88.4 Å². The fourth-order valence-electron chi connectivity index (χ4n) is 6.04. The number of hydrogen-bond donors (Lipinski definition) is 3. The molecule has 0 saturated heterocycles. The monoisotopic (exact) mass is 508 g/mol. The first kappa shape index (κ1) is 27.1. The highest BCUT2D eigenvalue weighted by Crippen LogP contribution is 2.55. The molecule has 0 amide bonds. The lowest BCUT2D eigenvalue weighted by Crippen LogP contribution is -2.63. The Hall–Kier alpha value is -2.96. The van der Waals surface area contributed by atoms with E-state index in [0.29, 0.717) is 36.5 Å². The van der Waals surface area contributed by atoms with Gasteiger partial charge in [-0.3, -0.25) is 0 Å². The molecular weight excluding hydrogens is 468 g/mol. The van der Waals surface area contributed by atoms with Crippen molar-refractivity contribution in [3.63, 3.8) is 0 Å². The quantitative estimate of drug-likeness (QED) is 0.350. The molecule has 6 nitrogen and oxygen atoms in total. The van der Waals surface area contributed by atoms with Crippen molar-refractivity contribution in [1.29, 1.82) is 0 Å². The molecule has 2 aromatic carbocycles. The predicted molar refractivity (Wildman–Crippen MR) is 146 cm³/mol. The third-order valence-corrected chi connectivity index (χ3v) is 8.12. The van der Waals surface area contributed by atoms with E-state index < -0.39 is 23.2 Å². The van der Waals surface area contributed by atoms with Crippen LogP contribution in [0.5, 0.6) is 23.0 Å². The van der Waals surface area contributed by atoms with E-state index in [1.165, 1.54) is 5.57 Å². The minimum Gasteiger partial charge on any atom is -0.507 e. The van der Waals surface area contributed by atoms with Crippen molar-refractivity contribution in [1.82, 2.24) is 0 Å². The third-order valence-electron chi connectivity index (χ3n) is 8.12. The second-order valence-corrected chi connectivity index (χ2v) is 11.5. The summed E-state index contributed by atoms with van der Waals surface area (Å²) in [6.45, 7) is 10.1. The Morgan fingerprint density at radius 2 is 1.62 bits per heavy atom. The number of benzene rings is 2. The van der Waals surface area contributed by atoms with Crippen LogP contribution in [0.15, 0.2) is 35.9 Å². The van der Waals surface area contributed by atoms with Gasteiger partial charge in [0.05, 0.1) is 26.4 Å². The summed E-state index contributed by atoms with van der Waals surface area (Å²) in [5.41, 5.74) is 3.57. The summed E-state index contributed by atoms with van der Waals surface area (Å²) in [5, 5.41) is 31.9. The van der Waals surface area contributed by atoms with Gasteiger partial charge in [-0.25, -0.2) is 0 Å². The Morgan fingerprint density at radius 3 is 2.24 bits per heavy atom. The highest BCUT2D eigenvalue weighted by molar-refractivity contribution is 5.74. The van der Waals surface area contributed by atoms with Crippen LogP contribution in [0.25, 0.3) is 12.2 Å². The van der Waals surface area contributed by atoms with Crippen LogP contribution in [0.4, 0.5) is 0 Å². The zero-order chi connectivity index (χ0) is 27.1. The molecule has 37 heavy (non-hydrogen) atoms. The molecule has 1 heterocycles. The molecule has 3 N–H and O–H groups in total. The number of ether oxygens (including phenoxy) is 3. The van der Waals surface area contributed by atoms with Crippen LogP contribution in [0.3, 0.4) is 0 Å². The molecule has 4 atom stereocenters. The average molecular weight is 509 g/mol. The van der Waals surface area contributed by atoms with Gasteiger partial charge >= 0.3 is 0 Å². The molecule has 1 fully saturated rings. The number of aromatic hydroxyl groups is 1. The smallest absolute Gasteiger partial charge is 0.165 e. The van der Waals surface area contributed by atoms with Crippen molar-refractivity contribution in [2.75, 3.05) is 14.2 Å². The second-order valence-electron chi connectivity index (χ2n) is 11.5. The number of aliphatic hydroxyl groups excluding tert-OH is 2. The Morgan fingerprint density at radius 1 is 1.00 bits per heavy atom. The molecule has 0 spiro atoms. The third kappa shape index (κ3) is 5.10. The minimum absolute atomic E-state index is 0.0180. The summed E-state index contributed by atoms with van der Waals surface area (Å²) >= 11 is 0. The maximum atomic E-state index is 10.7. The number of methoxy groups -OCH3 is 2. The molecule has 6 heteroatoms. The van der Waals surface area contributed by atoms with Gasteiger partial charge in [-0.05, 0) is 74.6 Å². The van der Waals surface area contributed by atoms with Crippen molar-refractivity contribution < 1.29 is 29.5 Å². The molecule has 1 unspecified atom stereocenters. The van der Waals surface area contributed by atoms with E-state index in [1.54, 1.807) is 20.3 Å². The lowest BCUT2D eigenvalue weighted by molar-refractivity contribution is -0.187. The maximum absolute atomic E-state index is 10.7. The highest BCUT2D eigenvalue weighted by atomic mass is 16.5. The van der Waals surface area contributed by atoms with E-state index in [1.807, 2.05) is 58.9 Å². The molecule has 2 aromatic rings. The summed E-state index contributed by atoms with van der Waals surface area (Å²) < 4.78 is 17.8. The Bertz CT molecular complexity index is 1220. The number of hydrogen-bond acceptors (Lipinski definition) is 6. The van der Waals surface area contributed by atoms with Crippen molar-refractivity contribution >= 4 is 12.2 Å². The van der Waals surface area contributed by atoms with Gasteiger partial charge in [0.2, 0.25) is 0 Å². The number of phenolic OH excluding ortho intramolecular Hbond substituents is 1. The molecule has 200 valence electrons. The molecule has 0 bridgehead atoms. The predicted octanol–water partition coefficient (Wildman–Crippen LogP) is 5.55. The molecular formula is C31H40O6. The summed E-state index contributed by atoms with van der Waals surface area (Å²) in [7, 11) is 3.23. The van der Waals surface area contributed by atoms with Gasteiger partial charge in [0.25, 0.3) is 0 Å². The van der Waals surface area contributed by atoms with Gasteiger partial charge in [0.15, 0.2) is 11.5 Å². The minimum atomic E-state index is -0.840. The van der Waals surface area contributed by atoms with Gasteiger partial charge in [0.1, 0.15) is 17.1 Å². The summed E-state index contributed by atoms with van der Waals surface area (Å²) in [6, 6.07) is 7.68. The first-order valence-electron chi connectivity index (χ1n) is 12.9. The molecule has 2 aliphatic rings. The SMILES string of the molecule is COc1cc(/C=C/c2cc3c(c(OC)c2)O[C@]2(C)C[C@@H](O)[C@@H](O)C(C)(C)C2C3)cc(O)c1CC=C(C)C. The molecule has 0 aromatic heterocycles. The lowest BCUT2D eigenvalue weighted by atomic mass is 9.57. The maximum Gasteiger partial charge on any atom is 0.165 e. The van der Waals surface area contributed by atoms with Gasteiger partial charge in [-0.2, -0.15) is 0 Å². The first-order valence-corrected chi connectivity index (χ1v) is 12.9. The molecule has 0 radical (unpaired) electrons. The van der Waals surface area contributed by atoms with Crippen LogP contribution in [-0.2, 0) is 12.8 Å². The number of fused-ring (bicyclic) bond motifs is 2. The second kappa shape index (κ2) is 10.1. The van der Waals surface area contributed by atoms with Crippen LogP contribution < -0.4 is 14.2 Å². The number of allylic oxidation sites excluding steroid dienone is 2. The standard InChI is InChI=1S/C31H40O6/c1-18(2)8-11-22-23(32)13-20(14-25(22)35-6)10-9-19-12-21-16-27-30(3,4)29(34)24(33)17-31(27,5)37-28(21)26(15-19)36-7/h8-10,12-15,24,27,29,32-34H,11,16-17H2,1-7H3/b10-9+/t24-,27?,29-,31-/m1/s1. The zero-order valence-electron chi connectivity index (χ0n) is 23.0. The van der Waals surface area contributed by atoms with Crippen LogP contribution >= 0.6 is 0 Å². The number of aliphatic hydroxyl groups is 2. The van der Waals surface area contributed by atoms with Crippen LogP contribution in [0.2, 0.25) is 0 Å². The fourth-order valence-corrected chi connectivity index (χ4v) is 6.04. The number of rotatable bonds is 6. The van der Waals surface area contributed by atoms with Crippen molar-refractivity contribution in [3.05, 3.63) is 58.2 Å². The zero-order valence-corrected chi connectivity index (χ0v) is 23.0. The summed E-state index contributed by atoms with van der Waals surface area (Å²) in [5.74, 6) is 2.19. The first-order chi connectivity index (χ1) is 17.4. The molecule has 1 aliphatic heterocycles. The summed E-state index contributed by atoms with van der Waals surface area (Å²) in [4.78, 5) is 0. The average Bonchev–Trinajstić information content (AvgIpc) is 2.84. The van der Waals surface area contributed by atoms with Gasteiger partial charge < -0.3 is 29.5 Å². The van der Waals surface area contributed by atoms with Crippen LogP contribution in [0.1, 0.15) is 63.3 Å². The Labute approximate surface area is 220 Å². The number of phenols is 1. The van der Waals surface area contributed by atoms with Gasteiger partial charge in [0, 0.05) is 23.3 Å².